The van der Waals surface area contributed by atoms with Gasteiger partial charge in [0.25, 0.3) is 0 Å². The summed E-state index contributed by atoms with van der Waals surface area (Å²) in [5.74, 6) is 0. The van der Waals surface area contributed by atoms with Crippen LogP contribution in [0.25, 0.3) is 67.0 Å². The van der Waals surface area contributed by atoms with E-state index in [2.05, 4.69) is 142 Å². The number of aromatic nitrogens is 3. The van der Waals surface area contributed by atoms with Crippen molar-refractivity contribution in [1.29, 1.82) is 0 Å². The zero-order chi connectivity index (χ0) is 38.2. The van der Waals surface area contributed by atoms with Crippen LogP contribution >= 0.6 is 0 Å². The number of hydrogen-bond acceptors (Lipinski definition) is 4. The zero-order valence-corrected chi connectivity index (χ0v) is 36.4. The number of nitrogens with zero attached hydrogens (tertiary/aromatic N) is 3. The van der Waals surface area contributed by atoms with E-state index >= 15 is 0 Å². The third-order valence-electron chi connectivity index (χ3n) is 10.5. The summed E-state index contributed by atoms with van der Waals surface area (Å²) < 4.78 is 6.41. The Kier molecular flexibility index (Phi) is 11.4. The molecule has 0 amide bonds. The summed E-state index contributed by atoms with van der Waals surface area (Å²) in [6.45, 7) is 13.7. The summed E-state index contributed by atoms with van der Waals surface area (Å²) in [4.78, 5) is 14.4. The average Bonchev–Trinajstić information content (AvgIpc) is 3.58. The molecule has 0 saturated heterocycles. The Morgan fingerprint density at radius 1 is 0.661 bits per heavy atom. The first-order chi connectivity index (χ1) is 26.5. The van der Waals surface area contributed by atoms with Gasteiger partial charge >= 0.3 is 0 Å². The third kappa shape index (κ3) is 8.39. The van der Waals surface area contributed by atoms with Gasteiger partial charge in [0, 0.05) is 55.1 Å². The van der Waals surface area contributed by atoms with Gasteiger partial charge in [0.05, 0.1) is 25.0 Å². The Morgan fingerprint density at radius 3 is 2.05 bits per heavy atom. The van der Waals surface area contributed by atoms with E-state index < -0.39 is 8.07 Å². The van der Waals surface area contributed by atoms with Crippen molar-refractivity contribution in [2.45, 2.75) is 71.5 Å². The molecule has 0 fully saturated rings. The van der Waals surface area contributed by atoms with E-state index in [9.17, 15) is 0 Å². The van der Waals surface area contributed by atoms with Gasteiger partial charge < -0.3 is 14.4 Å². The van der Waals surface area contributed by atoms with Crippen molar-refractivity contribution in [2.75, 3.05) is 0 Å². The van der Waals surface area contributed by atoms with Gasteiger partial charge in [0.2, 0.25) is 0 Å². The predicted octanol–water partition coefficient (Wildman–Crippen LogP) is 12.4. The minimum absolute atomic E-state index is 0. The Balaban J connectivity index is 0.000000195. The van der Waals surface area contributed by atoms with Gasteiger partial charge in [-0.1, -0.05) is 150 Å². The molecular formula is C50H47IrN3OSi-2. The van der Waals surface area contributed by atoms with Crippen molar-refractivity contribution < 1.29 is 24.5 Å². The second kappa shape index (κ2) is 16.2. The molecule has 1 radical (unpaired) electrons. The Morgan fingerprint density at radius 2 is 1.36 bits per heavy atom. The van der Waals surface area contributed by atoms with Crippen LogP contribution in [0.1, 0.15) is 50.3 Å². The summed E-state index contributed by atoms with van der Waals surface area (Å²) in [7, 11) is -1.25. The van der Waals surface area contributed by atoms with Gasteiger partial charge in [-0.3, -0.25) is 0 Å². The monoisotopic (exact) mass is 926 g/mol. The molecule has 6 heteroatoms. The zero-order valence-electron chi connectivity index (χ0n) is 33.0. The minimum atomic E-state index is -1.25. The predicted molar refractivity (Wildman–Crippen MR) is 231 cm³/mol. The maximum absolute atomic E-state index is 6.41. The van der Waals surface area contributed by atoms with E-state index in [0.717, 1.165) is 61.4 Å². The van der Waals surface area contributed by atoms with Crippen molar-refractivity contribution in [2.24, 2.45) is 0 Å². The molecule has 9 rings (SSSR count). The number of hydrogen-bond donors (Lipinski definition) is 0. The average molecular weight is 926 g/mol. The third-order valence-corrected chi connectivity index (χ3v) is 12.6. The van der Waals surface area contributed by atoms with Crippen molar-refractivity contribution in [3.8, 4) is 45.0 Å². The van der Waals surface area contributed by atoms with E-state index in [1.807, 2.05) is 48.7 Å². The summed E-state index contributed by atoms with van der Waals surface area (Å²) in [5.41, 5.74) is 13.6. The van der Waals surface area contributed by atoms with Gasteiger partial charge in [-0.15, -0.1) is 52.6 Å². The summed E-state index contributed by atoms with van der Waals surface area (Å²) >= 11 is 0. The van der Waals surface area contributed by atoms with Crippen LogP contribution in [0.4, 0.5) is 0 Å². The molecule has 1 aliphatic carbocycles. The van der Waals surface area contributed by atoms with E-state index in [1.165, 1.54) is 47.6 Å². The van der Waals surface area contributed by atoms with Crippen LogP contribution in [-0.4, -0.2) is 23.0 Å². The van der Waals surface area contributed by atoms with Crippen LogP contribution in [0, 0.1) is 12.1 Å². The second-order valence-electron chi connectivity index (χ2n) is 16.6. The molecule has 56 heavy (non-hydrogen) atoms. The molecule has 0 spiro atoms. The van der Waals surface area contributed by atoms with Crippen molar-refractivity contribution in [3.63, 3.8) is 0 Å². The van der Waals surface area contributed by atoms with Crippen LogP contribution in [0.2, 0.25) is 19.6 Å². The smallest absolute Gasteiger partial charge is 0.128 e. The molecule has 8 aromatic rings. The maximum atomic E-state index is 6.41. The van der Waals surface area contributed by atoms with Crippen LogP contribution in [0.3, 0.4) is 0 Å². The molecular weight excluding hydrogens is 879 g/mol. The summed E-state index contributed by atoms with van der Waals surface area (Å²) in [6, 6.07) is 46.9. The molecule has 0 aliphatic heterocycles. The number of furan rings is 1. The molecule has 0 N–H and O–H groups in total. The fourth-order valence-corrected chi connectivity index (χ4v) is 8.30. The Labute approximate surface area is 345 Å². The van der Waals surface area contributed by atoms with Gasteiger partial charge in [-0.05, 0) is 40.0 Å². The first-order valence-electron chi connectivity index (χ1n) is 19.4. The van der Waals surface area contributed by atoms with Crippen LogP contribution in [0.5, 0.6) is 0 Å². The number of fused-ring (bicyclic) bond motifs is 4. The molecule has 4 aromatic carbocycles. The number of rotatable bonds is 5. The van der Waals surface area contributed by atoms with Crippen molar-refractivity contribution >= 4 is 35.2 Å². The fourth-order valence-electron chi connectivity index (χ4n) is 7.27. The maximum Gasteiger partial charge on any atom is 0.128 e. The first-order valence-corrected chi connectivity index (χ1v) is 22.9. The quantitative estimate of drug-likeness (QED) is 0.127. The molecule has 0 bridgehead atoms. The Hall–Kier alpha value is -5.00. The van der Waals surface area contributed by atoms with Gasteiger partial charge in [-0.2, -0.15) is 0 Å². The fraction of sp³-hybridized carbons (Fsp3) is 0.220. The van der Waals surface area contributed by atoms with Crippen LogP contribution in [-0.2, 0) is 38.4 Å². The van der Waals surface area contributed by atoms with Gasteiger partial charge in [0.1, 0.15) is 5.58 Å². The second-order valence-corrected chi connectivity index (χ2v) is 21.7. The van der Waals surface area contributed by atoms with E-state index in [1.54, 1.807) is 0 Å². The summed E-state index contributed by atoms with van der Waals surface area (Å²) in [5, 5.41) is 3.42. The Bertz CT molecular complexity index is 2600. The normalized spacial score (nSPS) is 12.8. The largest absolute Gasteiger partial charge is 0.476 e. The van der Waals surface area contributed by atoms with Crippen molar-refractivity contribution in [3.05, 3.63) is 156 Å². The van der Waals surface area contributed by atoms with E-state index in [-0.39, 0.29) is 25.5 Å². The molecule has 1 aliphatic rings. The number of benzene rings is 4. The number of aryl methyl sites for hydroxylation is 2. The SMILES string of the molecule is CC(C)(C)c1ccnc(-c2[c-]c3oc4cc(-c5ccccc5)nc(-c5ccccc5)c4c3cc2)c1.C[Si](C)(C)c1ccc(-c2[c-]c3c(cc2)CCCC3)nc1.[Ir]. The first kappa shape index (κ1) is 39.2. The standard InChI is InChI=1S/C32H25N2O.C18H22NSi.Ir/c1-32(2,3)24-16-17-33-26(19-24)23-14-15-25-28(18-23)35-29-20-27(21-10-6-4-7-11-21)34-31(30(25)29)22-12-8-5-9-13-22;1-20(2,3)17-10-11-18(19-13-17)16-9-8-14-6-4-5-7-15(14)12-16;/h4-17,19-20H,1-3H3;8-11,13H,4-7H2,1-3H3;/q2*-1;. The van der Waals surface area contributed by atoms with Crippen LogP contribution < -0.4 is 5.19 Å². The number of pyridine rings is 3. The van der Waals surface area contributed by atoms with Gasteiger partial charge in [-0.25, -0.2) is 4.98 Å². The molecule has 0 saturated carbocycles. The van der Waals surface area contributed by atoms with Crippen LogP contribution in [0.15, 0.2) is 132 Å². The molecule has 283 valence electrons. The van der Waals surface area contributed by atoms with E-state index in [4.69, 9.17) is 9.40 Å². The molecule has 4 nitrogen and oxygen atoms in total. The van der Waals surface area contributed by atoms with E-state index in [0.29, 0.717) is 5.58 Å². The topological polar surface area (TPSA) is 51.8 Å². The summed E-state index contributed by atoms with van der Waals surface area (Å²) in [6.07, 6.45) is 8.95. The minimum Gasteiger partial charge on any atom is -0.476 e. The molecule has 0 atom stereocenters. The molecule has 0 unspecified atom stereocenters. The van der Waals surface area contributed by atoms with Crippen molar-refractivity contribution in [1.82, 2.24) is 15.0 Å². The van der Waals surface area contributed by atoms with Gasteiger partial charge in [0.15, 0.2) is 0 Å². The molecule has 4 heterocycles. The molecule has 4 aromatic heterocycles.